The van der Waals surface area contributed by atoms with Crippen molar-refractivity contribution >= 4 is 57.8 Å². The summed E-state index contributed by atoms with van der Waals surface area (Å²) in [5.74, 6) is 0.0937. The zero-order valence-electron chi connectivity index (χ0n) is 16.3. The lowest BCUT2D eigenvalue weighted by atomic mass is 10.1. The van der Waals surface area contributed by atoms with Crippen molar-refractivity contribution < 1.29 is 19.2 Å². The topological polar surface area (TPSA) is 91.0 Å². The molecule has 0 saturated carbocycles. The number of halogens is 2. The SMILES string of the molecule is O=C1OC(c2cc(I)ccc2Cl)=N/C1=C\c1ccccc1OCc1ccc([N+](=O)[O-])cc1. The highest BCUT2D eigenvalue weighted by molar-refractivity contribution is 14.1. The number of nitro groups is 1. The minimum atomic E-state index is -0.583. The third kappa shape index (κ3) is 4.97. The van der Waals surface area contributed by atoms with E-state index >= 15 is 0 Å². The van der Waals surface area contributed by atoms with E-state index in [2.05, 4.69) is 27.6 Å². The van der Waals surface area contributed by atoms with Gasteiger partial charge in [0.25, 0.3) is 5.69 Å². The summed E-state index contributed by atoms with van der Waals surface area (Å²) in [6.07, 6.45) is 1.59. The zero-order chi connectivity index (χ0) is 22.7. The molecule has 0 bridgehead atoms. The van der Waals surface area contributed by atoms with Gasteiger partial charge in [-0.1, -0.05) is 29.8 Å². The van der Waals surface area contributed by atoms with Crippen LogP contribution in [0.1, 0.15) is 16.7 Å². The number of para-hydroxylation sites is 1. The van der Waals surface area contributed by atoms with E-state index < -0.39 is 10.9 Å². The van der Waals surface area contributed by atoms with Gasteiger partial charge in [-0.15, -0.1) is 0 Å². The standard InChI is InChI=1S/C23H14ClIN2O5/c24-19-10-7-16(25)12-18(19)22-26-20(23(28)32-22)11-15-3-1-2-4-21(15)31-13-14-5-8-17(9-6-14)27(29)30/h1-12H,13H2/b20-11-. The van der Waals surface area contributed by atoms with Crippen LogP contribution in [-0.4, -0.2) is 16.8 Å². The predicted molar refractivity (Wildman–Crippen MR) is 129 cm³/mol. The van der Waals surface area contributed by atoms with E-state index in [0.717, 1.165) is 9.13 Å². The lowest BCUT2D eigenvalue weighted by Gasteiger charge is -2.09. The fraction of sp³-hybridized carbons (Fsp3) is 0.0435. The summed E-state index contributed by atoms with van der Waals surface area (Å²) < 4.78 is 12.1. The second-order valence-corrected chi connectivity index (χ2v) is 8.36. The maximum absolute atomic E-state index is 12.4. The first-order valence-corrected chi connectivity index (χ1v) is 10.8. The molecule has 7 nitrogen and oxygen atoms in total. The lowest BCUT2D eigenvalue weighted by Crippen LogP contribution is -2.06. The van der Waals surface area contributed by atoms with Crippen molar-refractivity contribution in [1.29, 1.82) is 0 Å². The highest BCUT2D eigenvalue weighted by atomic mass is 127. The molecule has 9 heteroatoms. The van der Waals surface area contributed by atoms with Gasteiger partial charge in [0.2, 0.25) is 5.90 Å². The third-order valence-electron chi connectivity index (χ3n) is 4.53. The molecule has 4 rings (SSSR count). The number of carbonyl (C=O) groups excluding carboxylic acids is 1. The average Bonchev–Trinajstić information content (AvgIpc) is 3.15. The van der Waals surface area contributed by atoms with E-state index in [0.29, 0.717) is 21.9 Å². The van der Waals surface area contributed by atoms with Crippen LogP contribution in [0.2, 0.25) is 5.02 Å². The summed E-state index contributed by atoms with van der Waals surface area (Å²) in [7, 11) is 0. The van der Waals surface area contributed by atoms with Crippen molar-refractivity contribution in [2.75, 3.05) is 0 Å². The maximum atomic E-state index is 12.4. The second-order valence-electron chi connectivity index (χ2n) is 6.71. The van der Waals surface area contributed by atoms with Gasteiger partial charge < -0.3 is 9.47 Å². The Morgan fingerprint density at radius 3 is 2.62 bits per heavy atom. The molecule has 3 aromatic carbocycles. The first kappa shape index (κ1) is 22.0. The van der Waals surface area contributed by atoms with E-state index in [4.69, 9.17) is 21.1 Å². The summed E-state index contributed by atoms with van der Waals surface area (Å²) in [6, 6.07) is 18.6. The molecule has 0 saturated heterocycles. The number of nitrogens with zero attached hydrogens (tertiary/aromatic N) is 2. The molecule has 0 radical (unpaired) electrons. The van der Waals surface area contributed by atoms with Crippen LogP contribution in [0.15, 0.2) is 77.4 Å². The summed E-state index contributed by atoms with van der Waals surface area (Å²) in [5.41, 5.74) is 2.09. The van der Waals surface area contributed by atoms with Crippen LogP contribution in [0.3, 0.4) is 0 Å². The normalized spacial score (nSPS) is 14.2. The Bertz CT molecular complexity index is 1270. The summed E-state index contributed by atoms with van der Waals surface area (Å²) in [6.45, 7) is 0.204. The summed E-state index contributed by atoms with van der Waals surface area (Å²) in [4.78, 5) is 27.0. The molecule has 0 N–H and O–H groups in total. The summed E-state index contributed by atoms with van der Waals surface area (Å²) in [5, 5.41) is 11.2. The fourth-order valence-corrected chi connectivity index (χ4v) is 3.63. The van der Waals surface area contributed by atoms with Crippen LogP contribution in [0.5, 0.6) is 5.75 Å². The van der Waals surface area contributed by atoms with Crippen molar-refractivity contribution in [2.45, 2.75) is 6.61 Å². The van der Waals surface area contributed by atoms with Crippen molar-refractivity contribution in [1.82, 2.24) is 0 Å². The Morgan fingerprint density at radius 1 is 1.12 bits per heavy atom. The molecule has 1 aliphatic heterocycles. The van der Waals surface area contributed by atoms with Crippen molar-refractivity contribution in [3.8, 4) is 5.75 Å². The average molecular weight is 561 g/mol. The van der Waals surface area contributed by atoms with Crippen LogP contribution >= 0.6 is 34.2 Å². The van der Waals surface area contributed by atoms with Gasteiger partial charge in [-0.3, -0.25) is 10.1 Å². The molecular weight excluding hydrogens is 547 g/mol. The molecule has 160 valence electrons. The van der Waals surface area contributed by atoms with Crippen LogP contribution in [0.25, 0.3) is 6.08 Å². The van der Waals surface area contributed by atoms with Crippen LogP contribution in [-0.2, 0) is 16.1 Å². The largest absolute Gasteiger partial charge is 0.488 e. The molecule has 32 heavy (non-hydrogen) atoms. The Hall–Kier alpha value is -3.24. The number of ether oxygens (including phenoxy) is 2. The molecule has 1 heterocycles. The third-order valence-corrected chi connectivity index (χ3v) is 5.53. The van der Waals surface area contributed by atoms with Crippen LogP contribution < -0.4 is 4.74 Å². The Balaban J connectivity index is 1.57. The Morgan fingerprint density at radius 2 is 1.88 bits per heavy atom. The van der Waals surface area contributed by atoms with Gasteiger partial charge in [-0.2, -0.15) is 0 Å². The molecule has 0 unspecified atom stereocenters. The molecular formula is C23H14ClIN2O5. The predicted octanol–water partition coefficient (Wildman–Crippen LogP) is 5.78. The number of hydrogen-bond donors (Lipinski definition) is 0. The second kappa shape index (κ2) is 9.49. The van der Waals surface area contributed by atoms with Crippen LogP contribution in [0.4, 0.5) is 5.69 Å². The van der Waals surface area contributed by atoms with Crippen molar-refractivity contribution in [3.05, 3.63) is 108 Å². The number of non-ortho nitro benzene ring substituents is 1. The van der Waals surface area contributed by atoms with E-state index in [-0.39, 0.29) is 23.9 Å². The van der Waals surface area contributed by atoms with Gasteiger partial charge in [-0.05, 0) is 70.6 Å². The number of carbonyl (C=O) groups is 1. The molecule has 3 aromatic rings. The zero-order valence-corrected chi connectivity index (χ0v) is 19.2. The molecule has 0 atom stereocenters. The number of aliphatic imine (C=N–C) groups is 1. The highest BCUT2D eigenvalue weighted by Crippen LogP contribution is 2.28. The number of rotatable bonds is 6. The van der Waals surface area contributed by atoms with Gasteiger partial charge in [0.15, 0.2) is 5.70 Å². The van der Waals surface area contributed by atoms with Crippen molar-refractivity contribution in [2.24, 2.45) is 4.99 Å². The quantitative estimate of drug-likeness (QED) is 0.125. The van der Waals surface area contributed by atoms with E-state index in [1.54, 1.807) is 48.5 Å². The van der Waals surface area contributed by atoms with Gasteiger partial charge in [0.1, 0.15) is 12.4 Å². The van der Waals surface area contributed by atoms with Gasteiger partial charge in [0.05, 0.1) is 15.5 Å². The number of esters is 1. The Labute approximate surface area is 201 Å². The molecule has 1 aliphatic rings. The first-order chi connectivity index (χ1) is 15.4. The molecule has 0 fully saturated rings. The molecule has 0 spiro atoms. The lowest BCUT2D eigenvalue weighted by molar-refractivity contribution is -0.384. The van der Waals surface area contributed by atoms with Gasteiger partial charge >= 0.3 is 5.97 Å². The summed E-state index contributed by atoms with van der Waals surface area (Å²) >= 11 is 8.37. The number of hydrogen-bond acceptors (Lipinski definition) is 6. The van der Waals surface area contributed by atoms with Gasteiger partial charge in [-0.25, -0.2) is 9.79 Å². The molecule has 0 aromatic heterocycles. The monoisotopic (exact) mass is 560 g/mol. The van der Waals surface area contributed by atoms with E-state index in [9.17, 15) is 14.9 Å². The smallest absolute Gasteiger partial charge is 0.363 e. The maximum Gasteiger partial charge on any atom is 0.363 e. The number of benzene rings is 3. The number of nitro benzene ring substituents is 1. The Kier molecular flexibility index (Phi) is 6.52. The molecule has 0 aliphatic carbocycles. The first-order valence-electron chi connectivity index (χ1n) is 9.34. The minimum absolute atomic E-state index is 0.0144. The fourth-order valence-electron chi connectivity index (χ4n) is 2.94. The minimum Gasteiger partial charge on any atom is -0.488 e. The van der Waals surface area contributed by atoms with E-state index in [1.165, 1.54) is 12.1 Å². The molecule has 0 amide bonds. The van der Waals surface area contributed by atoms with Gasteiger partial charge in [0, 0.05) is 21.3 Å². The number of cyclic esters (lactones) is 1. The van der Waals surface area contributed by atoms with Crippen LogP contribution in [0, 0.1) is 13.7 Å². The van der Waals surface area contributed by atoms with Crippen molar-refractivity contribution in [3.63, 3.8) is 0 Å². The highest BCUT2D eigenvalue weighted by Gasteiger charge is 2.26. The van der Waals surface area contributed by atoms with E-state index in [1.807, 2.05) is 12.1 Å².